The van der Waals surface area contributed by atoms with Crippen molar-refractivity contribution in [1.82, 2.24) is 0 Å². The standard InChI is InChI=1S/C20H22O5/c1-19(2,3)16(22)13(18(24)25)12-11-8-9-6-7-10(9)15(21)14(11)20(4,5)17(12)23/h8,21H,6-7H2,1-5H3,(H,24,25). The predicted octanol–water partition coefficient (Wildman–Crippen LogP) is 2.80. The quantitative estimate of drug-likeness (QED) is 0.490. The Kier molecular flexibility index (Phi) is 3.50. The predicted molar refractivity (Wildman–Crippen MR) is 92.6 cm³/mol. The van der Waals surface area contributed by atoms with E-state index in [2.05, 4.69) is 0 Å². The Hall–Kier alpha value is -2.43. The molecule has 0 saturated heterocycles. The molecule has 0 aromatic heterocycles. The lowest BCUT2D eigenvalue weighted by molar-refractivity contribution is -0.136. The van der Waals surface area contributed by atoms with Crippen LogP contribution in [0.25, 0.3) is 5.57 Å². The fourth-order valence-corrected chi connectivity index (χ4v) is 3.67. The van der Waals surface area contributed by atoms with Gasteiger partial charge in [0.2, 0.25) is 0 Å². The van der Waals surface area contributed by atoms with Crippen LogP contribution in [0.5, 0.6) is 5.75 Å². The number of aliphatic carboxylic acids is 1. The zero-order valence-electron chi connectivity index (χ0n) is 15.1. The van der Waals surface area contributed by atoms with Gasteiger partial charge in [0.25, 0.3) is 0 Å². The number of aromatic hydroxyl groups is 1. The van der Waals surface area contributed by atoms with Crippen LogP contribution in [0.2, 0.25) is 0 Å². The zero-order valence-corrected chi connectivity index (χ0v) is 15.1. The van der Waals surface area contributed by atoms with Crippen LogP contribution < -0.4 is 0 Å². The minimum absolute atomic E-state index is 0.0695. The molecule has 2 aliphatic rings. The first kappa shape index (κ1) is 17.4. The van der Waals surface area contributed by atoms with Crippen molar-refractivity contribution < 1.29 is 24.6 Å². The fourth-order valence-electron chi connectivity index (χ4n) is 3.67. The highest BCUT2D eigenvalue weighted by atomic mass is 16.4. The van der Waals surface area contributed by atoms with E-state index in [4.69, 9.17) is 0 Å². The summed E-state index contributed by atoms with van der Waals surface area (Å²) in [6.07, 6.45) is 1.51. The summed E-state index contributed by atoms with van der Waals surface area (Å²) >= 11 is 0. The van der Waals surface area contributed by atoms with Crippen LogP contribution in [0.3, 0.4) is 0 Å². The molecule has 3 rings (SSSR count). The lowest BCUT2D eigenvalue weighted by atomic mass is 9.79. The lowest BCUT2D eigenvalue weighted by Crippen LogP contribution is -2.30. The van der Waals surface area contributed by atoms with Crippen LogP contribution >= 0.6 is 0 Å². The molecule has 0 bridgehead atoms. The third kappa shape index (κ3) is 2.25. The van der Waals surface area contributed by atoms with Gasteiger partial charge in [-0.1, -0.05) is 26.8 Å². The van der Waals surface area contributed by atoms with Gasteiger partial charge >= 0.3 is 5.97 Å². The third-order valence-corrected chi connectivity index (χ3v) is 5.20. The number of phenolic OH excluding ortho intramolecular Hbond substituents is 1. The Morgan fingerprint density at radius 2 is 1.76 bits per heavy atom. The summed E-state index contributed by atoms with van der Waals surface area (Å²) in [6.45, 7) is 8.19. The number of allylic oxidation sites excluding steroid dienone is 1. The fraction of sp³-hybridized carbons (Fsp3) is 0.450. The van der Waals surface area contributed by atoms with Crippen molar-refractivity contribution in [1.29, 1.82) is 0 Å². The molecule has 0 unspecified atom stereocenters. The van der Waals surface area contributed by atoms with E-state index < -0.39 is 33.9 Å². The van der Waals surface area contributed by atoms with Crippen LogP contribution in [0.1, 0.15) is 56.9 Å². The molecule has 5 heteroatoms. The molecule has 25 heavy (non-hydrogen) atoms. The molecular formula is C20H22O5. The van der Waals surface area contributed by atoms with E-state index in [-0.39, 0.29) is 11.3 Å². The van der Waals surface area contributed by atoms with E-state index in [1.165, 1.54) is 0 Å². The number of carboxylic acid groups (broad SMARTS) is 1. The van der Waals surface area contributed by atoms with Crippen molar-refractivity contribution in [3.8, 4) is 5.75 Å². The van der Waals surface area contributed by atoms with Crippen LogP contribution in [0, 0.1) is 5.41 Å². The summed E-state index contributed by atoms with van der Waals surface area (Å²) in [6, 6.07) is 1.77. The number of phenols is 1. The molecule has 0 spiro atoms. The SMILES string of the molecule is CC(C)(C)C(=O)C(C(=O)O)=C1C(=O)C(C)(C)c2c1cc1c(c2O)CC1. The Morgan fingerprint density at radius 1 is 1.16 bits per heavy atom. The van der Waals surface area contributed by atoms with Crippen LogP contribution in [0.15, 0.2) is 11.6 Å². The lowest BCUT2D eigenvalue weighted by Gasteiger charge is -2.26. The molecule has 0 radical (unpaired) electrons. The van der Waals surface area contributed by atoms with Gasteiger partial charge in [-0.05, 0) is 43.4 Å². The van der Waals surface area contributed by atoms with Crippen molar-refractivity contribution in [2.75, 3.05) is 0 Å². The van der Waals surface area contributed by atoms with Crippen LogP contribution in [-0.2, 0) is 32.6 Å². The van der Waals surface area contributed by atoms with E-state index >= 15 is 0 Å². The van der Waals surface area contributed by atoms with E-state index in [9.17, 15) is 24.6 Å². The number of fused-ring (bicyclic) bond motifs is 2. The molecule has 2 N–H and O–H groups in total. The van der Waals surface area contributed by atoms with Crippen molar-refractivity contribution in [3.63, 3.8) is 0 Å². The minimum atomic E-state index is -1.41. The molecule has 0 saturated carbocycles. The second-order valence-corrected chi connectivity index (χ2v) is 8.37. The van der Waals surface area contributed by atoms with Gasteiger partial charge in [-0.15, -0.1) is 0 Å². The van der Waals surface area contributed by atoms with Crippen LogP contribution in [0.4, 0.5) is 0 Å². The normalized spacial score (nSPS) is 19.8. The number of carbonyl (C=O) groups is 3. The monoisotopic (exact) mass is 342 g/mol. The smallest absolute Gasteiger partial charge is 0.340 e. The number of ketones is 2. The summed E-state index contributed by atoms with van der Waals surface area (Å²) in [4.78, 5) is 37.7. The number of carbonyl (C=O) groups excluding carboxylic acids is 2. The Morgan fingerprint density at radius 3 is 2.20 bits per heavy atom. The van der Waals surface area contributed by atoms with E-state index in [1.54, 1.807) is 40.7 Å². The Bertz CT molecular complexity index is 878. The number of carboxylic acids is 1. The van der Waals surface area contributed by atoms with Gasteiger partial charge in [0.15, 0.2) is 11.6 Å². The highest BCUT2D eigenvalue weighted by Crippen LogP contribution is 2.52. The molecule has 132 valence electrons. The van der Waals surface area contributed by atoms with Crippen molar-refractivity contribution in [2.24, 2.45) is 5.41 Å². The Balaban J connectivity index is 2.41. The molecule has 0 heterocycles. The molecule has 1 aromatic carbocycles. The summed E-state index contributed by atoms with van der Waals surface area (Å²) < 4.78 is 0. The summed E-state index contributed by atoms with van der Waals surface area (Å²) in [5.74, 6) is -2.36. The molecule has 5 nitrogen and oxygen atoms in total. The number of Topliss-reactive ketones (excluding diaryl/α,β-unsaturated/α-hetero) is 2. The molecular weight excluding hydrogens is 320 g/mol. The average molecular weight is 342 g/mol. The van der Waals surface area contributed by atoms with E-state index in [0.717, 1.165) is 24.0 Å². The third-order valence-electron chi connectivity index (χ3n) is 5.20. The summed E-state index contributed by atoms with van der Waals surface area (Å²) in [5, 5.41) is 20.3. The molecule has 0 atom stereocenters. The van der Waals surface area contributed by atoms with Crippen LogP contribution in [-0.4, -0.2) is 27.7 Å². The Labute approximate surface area is 146 Å². The van der Waals surface area contributed by atoms with Gasteiger partial charge in [-0.25, -0.2) is 4.79 Å². The largest absolute Gasteiger partial charge is 0.507 e. The van der Waals surface area contributed by atoms with Gasteiger partial charge in [-0.2, -0.15) is 0 Å². The topological polar surface area (TPSA) is 91.7 Å². The first-order valence-corrected chi connectivity index (χ1v) is 8.34. The van der Waals surface area contributed by atoms with Crippen molar-refractivity contribution in [3.05, 3.63) is 33.9 Å². The van der Waals surface area contributed by atoms with Crippen molar-refractivity contribution >= 4 is 23.1 Å². The maximum absolute atomic E-state index is 13.1. The van der Waals surface area contributed by atoms with Gasteiger partial charge in [0, 0.05) is 16.6 Å². The number of hydrogen-bond acceptors (Lipinski definition) is 4. The first-order chi connectivity index (χ1) is 11.4. The van der Waals surface area contributed by atoms with Gasteiger partial charge in [-0.3, -0.25) is 9.59 Å². The highest BCUT2D eigenvalue weighted by molar-refractivity contribution is 6.40. The zero-order chi connectivity index (χ0) is 18.9. The average Bonchev–Trinajstić information content (AvgIpc) is 2.61. The first-order valence-electron chi connectivity index (χ1n) is 8.34. The van der Waals surface area contributed by atoms with E-state index in [0.29, 0.717) is 11.1 Å². The second kappa shape index (κ2) is 5.04. The maximum Gasteiger partial charge on any atom is 0.340 e. The second-order valence-electron chi connectivity index (χ2n) is 8.37. The maximum atomic E-state index is 13.1. The minimum Gasteiger partial charge on any atom is -0.507 e. The molecule has 2 aliphatic carbocycles. The van der Waals surface area contributed by atoms with Gasteiger partial charge in [0.05, 0.1) is 5.41 Å². The summed E-state index contributed by atoms with van der Waals surface area (Å²) in [5.41, 5.74) is -0.00605. The van der Waals surface area contributed by atoms with Crippen molar-refractivity contribution in [2.45, 2.75) is 52.9 Å². The van der Waals surface area contributed by atoms with Gasteiger partial charge in [0.1, 0.15) is 11.3 Å². The molecule has 1 aromatic rings. The number of rotatable bonds is 2. The molecule has 0 aliphatic heterocycles. The van der Waals surface area contributed by atoms with E-state index in [1.807, 2.05) is 0 Å². The summed E-state index contributed by atoms with van der Waals surface area (Å²) in [7, 11) is 0. The number of hydrogen-bond donors (Lipinski definition) is 2. The number of aryl methyl sites for hydroxylation is 1. The number of benzene rings is 1. The van der Waals surface area contributed by atoms with Gasteiger partial charge < -0.3 is 10.2 Å². The highest BCUT2D eigenvalue weighted by Gasteiger charge is 2.49. The molecule has 0 amide bonds. The molecule has 0 fully saturated rings.